The summed E-state index contributed by atoms with van der Waals surface area (Å²) >= 11 is 0. The van der Waals surface area contributed by atoms with Gasteiger partial charge in [0.15, 0.2) is 11.6 Å². The molecule has 0 spiro atoms. The van der Waals surface area contributed by atoms with E-state index in [-0.39, 0.29) is 5.82 Å². The number of benzene rings is 2. The highest BCUT2D eigenvalue weighted by atomic mass is 19.1. The Hall–Kier alpha value is -2.09. The summed E-state index contributed by atoms with van der Waals surface area (Å²) in [5.41, 5.74) is 3.84. The predicted octanol–water partition coefficient (Wildman–Crippen LogP) is 7.17. The van der Waals surface area contributed by atoms with E-state index in [0.29, 0.717) is 24.2 Å². The SMILES string of the molecule is CCCCOc1ccc(C2C=CC(c3ccc(CCC)cc3)CC2)cc1F. The first-order valence-electron chi connectivity index (χ1n) is 10.4. The number of rotatable bonds is 8. The molecule has 0 aromatic heterocycles. The normalized spacial score (nSPS) is 19.2. The maximum atomic E-state index is 14.3. The highest BCUT2D eigenvalue weighted by molar-refractivity contribution is 5.36. The summed E-state index contributed by atoms with van der Waals surface area (Å²) in [4.78, 5) is 0. The Bertz CT molecular complexity index is 747. The number of unbranched alkanes of at least 4 members (excludes halogenated alkanes) is 1. The van der Waals surface area contributed by atoms with Gasteiger partial charge in [-0.2, -0.15) is 0 Å². The van der Waals surface area contributed by atoms with Gasteiger partial charge in [0.1, 0.15) is 0 Å². The van der Waals surface area contributed by atoms with E-state index in [4.69, 9.17) is 4.74 Å². The lowest BCUT2D eigenvalue weighted by Gasteiger charge is -2.24. The predicted molar refractivity (Wildman–Crippen MR) is 111 cm³/mol. The minimum absolute atomic E-state index is 0.245. The van der Waals surface area contributed by atoms with Crippen molar-refractivity contribution >= 4 is 0 Å². The average molecular weight is 367 g/mol. The van der Waals surface area contributed by atoms with Crippen LogP contribution >= 0.6 is 0 Å². The van der Waals surface area contributed by atoms with Gasteiger partial charge in [-0.15, -0.1) is 0 Å². The number of hydrogen-bond donors (Lipinski definition) is 0. The van der Waals surface area contributed by atoms with E-state index in [1.807, 2.05) is 6.07 Å². The summed E-state index contributed by atoms with van der Waals surface area (Å²) in [5.74, 6) is 0.890. The van der Waals surface area contributed by atoms with Gasteiger partial charge in [-0.25, -0.2) is 4.39 Å². The maximum absolute atomic E-state index is 14.3. The minimum atomic E-state index is -0.245. The van der Waals surface area contributed by atoms with Crippen molar-refractivity contribution in [2.45, 2.75) is 64.2 Å². The molecule has 0 saturated carbocycles. The van der Waals surface area contributed by atoms with E-state index >= 15 is 0 Å². The first kappa shape index (κ1) is 19.7. The van der Waals surface area contributed by atoms with Gasteiger partial charge in [0.25, 0.3) is 0 Å². The topological polar surface area (TPSA) is 9.23 Å². The second-order valence-corrected chi connectivity index (χ2v) is 7.56. The molecule has 2 aromatic rings. The molecule has 0 heterocycles. The number of hydrogen-bond acceptors (Lipinski definition) is 1. The molecule has 0 saturated heterocycles. The largest absolute Gasteiger partial charge is 0.491 e. The molecule has 1 aliphatic rings. The van der Waals surface area contributed by atoms with Crippen LogP contribution in [0.15, 0.2) is 54.6 Å². The highest BCUT2D eigenvalue weighted by Crippen LogP contribution is 2.36. The number of halogens is 1. The van der Waals surface area contributed by atoms with Crippen LogP contribution in [0.1, 0.15) is 74.5 Å². The zero-order valence-corrected chi connectivity index (χ0v) is 16.6. The minimum Gasteiger partial charge on any atom is -0.491 e. The van der Waals surface area contributed by atoms with E-state index < -0.39 is 0 Å². The Morgan fingerprint density at radius 3 is 2.15 bits per heavy atom. The van der Waals surface area contributed by atoms with E-state index in [1.54, 1.807) is 12.1 Å². The lowest BCUT2D eigenvalue weighted by atomic mass is 9.81. The molecule has 3 rings (SSSR count). The standard InChI is InChI=1S/C25H31FO/c1-3-5-17-27-25-16-15-23(18-24(25)26)22-13-11-21(12-14-22)20-9-7-19(6-4-2)8-10-20/h7-11,13,15-16,18,21-22H,3-6,12,14,17H2,1-2H3. The average Bonchev–Trinajstić information content (AvgIpc) is 2.70. The number of ether oxygens (including phenoxy) is 1. The molecular formula is C25H31FO. The molecule has 1 nitrogen and oxygen atoms in total. The van der Waals surface area contributed by atoms with Crippen LogP contribution in [-0.4, -0.2) is 6.61 Å². The fourth-order valence-corrected chi connectivity index (χ4v) is 3.79. The molecule has 0 aliphatic heterocycles. The molecule has 2 aromatic carbocycles. The molecule has 2 heteroatoms. The molecule has 0 amide bonds. The van der Waals surface area contributed by atoms with E-state index in [1.165, 1.54) is 17.5 Å². The van der Waals surface area contributed by atoms with Crippen molar-refractivity contribution in [3.8, 4) is 5.75 Å². The first-order chi connectivity index (χ1) is 13.2. The summed E-state index contributed by atoms with van der Waals surface area (Å²) in [5, 5.41) is 0. The Balaban J connectivity index is 1.63. The van der Waals surface area contributed by atoms with Crippen LogP contribution in [0.3, 0.4) is 0 Å². The number of aryl methyl sites for hydroxylation is 1. The Kier molecular flexibility index (Phi) is 7.09. The van der Waals surface area contributed by atoms with Gasteiger partial charge in [-0.1, -0.05) is 69.2 Å². The monoisotopic (exact) mass is 366 g/mol. The van der Waals surface area contributed by atoms with Crippen molar-refractivity contribution < 1.29 is 9.13 Å². The summed E-state index contributed by atoms with van der Waals surface area (Å²) in [6.07, 6.45) is 11.0. The van der Waals surface area contributed by atoms with Crippen LogP contribution in [0.25, 0.3) is 0 Å². The molecule has 0 radical (unpaired) electrons. The maximum Gasteiger partial charge on any atom is 0.165 e. The smallest absolute Gasteiger partial charge is 0.165 e. The van der Waals surface area contributed by atoms with Crippen molar-refractivity contribution in [2.75, 3.05) is 6.61 Å². The second-order valence-electron chi connectivity index (χ2n) is 7.56. The van der Waals surface area contributed by atoms with Crippen molar-refractivity contribution in [1.29, 1.82) is 0 Å². The first-order valence-corrected chi connectivity index (χ1v) is 10.4. The summed E-state index contributed by atoms with van der Waals surface area (Å²) in [6.45, 7) is 4.89. The highest BCUT2D eigenvalue weighted by Gasteiger charge is 2.19. The van der Waals surface area contributed by atoms with Gasteiger partial charge in [0, 0.05) is 11.8 Å². The molecule has 0 bridgehead atoms. The van der Waals surface area contributed by atoms with Crippen LogP contribution in [0.2, 0.25) is 0 Å². The Morgan fingerprint density at radius 1 is 0.889 bits per heavy atom. The van der Waals surface area contributed by atoms with Gasteiger partial charge >= 0.3 is 0 Å². The number of allylic oxidation sites excluding steroid dienone is 2. The second kappa shape index (κ2) is 9.73. The van der Waals surface area contributed by atoms with Gasteiger partial charge in [0.2, 0.25) is 0 Å². The fraction of sp³-hybridized carbons (Fsp3) is 0.440. The zero-order chi connectivity index (χ0) is 19.1. The molecule has 144 valence electrons. The third kappa shape index (κ3) is 5.22. The van der Waals surface area contributed by atoms with Crippen molar-refractivity contribution in [3.63, 3.8) is 0 Å². The molecule has 2 unspecified atom stereocenters. The third-order valence-electron chi connectivity index (χ3n) is 5.45. The Labute approximate surface area is 163 Å². The van der Waals surface area contributed by atoms with Gasteiger partial charge in [0.05, 0.1) is 6.61 Å². The van der Waals surface area contributed by atoms with Crippen molar-refractivity contribution in [3.05, 3.63) is 77.1 Å². The van der Waals surface area contributed by atoms with Crippen LogP contribution in [0.4, 0.5) is 4.39 Å². The van der Waals surface area contributed by atoms with E-state index in [0.717, 1.165) is 37.7 Å². The summed E-state index contributed by atoms with van der Waals surface area (Å²) in [7, 11) is 0. The molecular weight excluding hydrogens is 335 g/mol. The van der Waals surface area contributed by atoms with Gasteiger partial charge < -0.3 is 4.74 Å². The fourth-order valence-electron chi connectivity index (χ4n) is 3.79. The lowest BCUT2D eigenvalue weighted by Crippen LogP contribution is -2.07. The van der Waals surface area contributed by atoms with E-state index in [9.17, 15) is 4.39 Å². The van der Waals surface area contributed by atoms with Crippen LogP contribution in [0, 0.1) is 5.82 Å². The van der Waals surface area contributed by atoms with Crippen molar-refractivity contribution in [1.82, 2.24) is 0 Å². The summed E-state index contributed by atoms with van der Waals surface area (Å²) in [6, 6.07) is 14.5. The summed E-state index contributed by atoms with van der Waals surface area (Å²) < 4.78 is 19.9. The van der Waals surface area contributed by atoms with Crippen LogP contribution in [0.5, 0.6) is 5.75 Å². The molecule has 1 aliphatic carbocycles. The van der Waals surface area contributed by atoms with Crippen molar-refractivity contribution in [2.24, 2.45) is 0 Å². The van der Waals surface area contributed by atoms with Crippen LogP contribution < -0.4 is 4.74 Å². The third-order valence-corrected chi connectivity index (χ3v) is 5.45. The Morgan fingerprint density at radius 2 is 1.56 bits per heavy atom. The van der Waals surface area contributed by atoms with Gasteiger partial charge in [-0.05, 0) is 54.5 Å². The molecule has 0 N–H and O–H groups in total. The van der Waals surface area contributed by atoms with Crippen LogP contribution in [-0.2, 0) is 6.42 Å². The zero-order valence-electron chi connectivity index (χ0n) is 16.6. The van der Waals surface area contributed by atoms with Gasteiger partial charge in [-0.3, -0.25) is 0 Å². The lowest BCUT2D eigenvalue weighted by molar-refractivity contribution is 0.294. The van der Waals surface area contributed by atoms with E-state index in [2.05, 4.69) is 50.3 Å². The molecule has 27 heavy (non-hydrogen) atoms. The quantitative estimate of drug-likeness (QED) is 0.355. The molecule has 0 fully saturated rings. The molecule has 2 atom stereocenters.